The van der Waals surface area contributed by atoms with Crippen molar-refractivity contribution in [3.63, 3.8) is 0 Å². The van der Waals surface area contributed by atoms with E-state index >= 15 is 0 Å². The van der Waals surface area contributed by atoms with Crippen LogP contribution in [0.1, 0.15) is 66.2 Å². The van der Waals surface area contributed by atoms with Gasteiger partial charge in [0.15, 0.2) is 0 Å². The van der Waals surface area contributed by atoms with Crippen molar-refractivity contribution in [2.75, 3.05) is 24.6 Å². The molecule has 0 atom stereocenters. The molecule has 2 heteroatoms. The number of unbranched alkanes of at least 4 members (excludes halogenated alkanes) is 3. The van der Waals surface area contributed by atoms with Crippen LogP contribution in [0.2, 0.25) is 0 Å². The van der Waals surface area contributed by atoms with E-state index in [2.05, 4.69) is 27.7 Å². The Kier molecular flexibility index (Phi) is 7.85. The van der Waals surface area contributed by atoms with E-state index in [4.69, 9.17) is 0 Å². The van der Waals surface area contributed by atoms with Crippen LogP contribution in [0.4, 0.5) is 0 Å². The fourth-order valence-corrected chi connectivity index (χ4v) is 7.51. The molecule has 0 fully saturated rings. The first kappa shape index (κ1) is 16.4. The van der Waals surface area contributed by atoms with Crippen LogP contribution < -0.4 is 0 Å². The van der Waals surface area contributed by atoms with Crippen LogP contribution in [0.15, 0.2) is 0 Å². The Hall–Kier alpha value is 0.390. The Balaban J connectivity index is 4.61. The van der Waals surface area contributed by atoms with Crippen molar-refractivity contribution in [2.45, 2.75) is 66.2 Å². The maximum absolute atomic E-state index is 11.3. The average Bonchev–Trinajstić information content (AvgIpc) is 2.32. The number of rotatable bonds is 10. The van der Waals surface area contributed by atoms with Gasteiger partial charge in [0.2, 0.25) is 0 Å². The van der Waals surface area contributed by atoms with E-state index in [9.17, 15) is 4.89 Å². The molecule has 1 N–H and O–H groups in total. The second-order valence-electron chi connectivity index (χ2n) is 5.46. The first-order valence-electron chi connectivity index (χ1n) is 7.29. The molecular weight excluding hydrogens is 215 g/mol. The Morgan fingerprint density at radius 2 is 1.00 bits per heavy atom. The molecule has 0 aromatic rings. The molecule has 0 spiro atoms. The molecule has 0 amide bonds. The molecule has 0 unspecified atom stereocenters. The summed E-state index contributed by atoms with van der Waals surface area (Å²) < 4.78 is 0. The molecule has 0 rings (SSSR count). The monoisotopic (exact) mass is 248 g/mol. The SMILES string of the molecule is CCCCP(O)(CC)(CCCC)CCCC. The number of hydrogen-bond acceptors (Lipinski definition) is 1. The van der Waals surface area contributed by atoms with Crippen molar-refractivity contribution >= 4 is 6.83 Å². The van der Waals surface area contributed by atoms with Crippen LogP contribution in [0.3, 0.4) is 0 Å². The summed E-state index contributed by atoms with van der Waals surface area (Å²) in [6, 6.07) is 0. The zero-order valence-electron chi connectivity index (χ0n) is 12.0. The predicted octanol–water partition coefficient (Wildman–Crippen LogP) is 4.87. The molecule has 0 saturated carbocycles. The first-order valence-corrected chi connectivity index (χ1v) is 10.2. The third-order valence-electron chi connectivity index (χ3n) is 4.07. The maximum atomic E-state index is 11.3. The summed E-state index contributed by atoms with van der Waals surface area (Å²) >= 11 is 0. The molecular formula is C14H33OP. The molecule has 16 heavy (non-hydrogen) atoms. The second-order valence-corrected chi connectivity index (χ2v) is 11.2. The molecule has 0 heterocycles. The summed E-state index contributed by atoms with van der Waals surface area (Å²) in [6.45, 7) is 6.61. The van der Waals surface area contributed by atoms with Gasteiger partial charge in [-0.1, -0.05) is 0 Å². The molecule has 0 radical (unpaired) electrons. The van der Waals surface area contributed by atoms with E-state index in [-0.39, 0.29) is 0 Å². The van der Waals surface area contributed by atoms with Crippen LogP contribution in [0.25, 0.3) is 0 Å². The fourth-order valence-electron chi connectivity index (χ4n) is 2.50. The predicted molar refractivity (Wildman–Crippen MR) is 79.0 cm³/mol. The van der Waals surface area contributed by atoms with Gasteiger partial charge in [-0.15, -0.1) is 0 Å². The normalized spacial score (nSPS) is 14.7. The summed E-state index contributed by atoms with van der Waals surface area (Å²) in [6.07, 6.45) is 11.7. The molecule has 0 saturated heterocycles. The molecule has 100 valence electrons. The van der Waals surface area contributed by atoms with E-state index in [1.54, 1.807) is 0 Å². The van der Waals surface area contributed by atoms with Crippen LogP contribution in [0, 0.1) is 0 Å². The van der Waals surface area contributed by atoms with Crippen LogP contribution in [-0.4, -0.2) is 29.5 Å². The zero-order valence-corrected chi connectivity index (χ0v) is 12.9. The Labute approximate surface area is 103 Å². The Morgan fingerprint density at radius 1 is 0.688 bits per heavy atom. The van der Waals surface area contributed by atoms with Crippen molar-refractivity contribution in [1.82, 2.24) is 0 Å². The van der Waals surface area contributed by atoms with Gasteiger partial charge in [0.05, 0.1) is 0 Å². The first-order chi connectivity index (χ1) is 7.54. The van der Waals surface area contributed by atoms with E-state index in [0.29, 0.717) is 0 Å². The van der Waals surface area contributed by atoms with Gasteiger partial charge < -0.3 is 0 Å². The minimum absolute atomic E-state index is 1.05. The van der Waals surface area contributed by atoms with Crippen molar-refractivity contribution in [3.8, 4) is 0 Å². The third kappa shape index (κ3) is 5.15. The summed E-state index contributed by atoms with van der Waals surface area (Å²) in [4.78, 5) is 11.3. The van der Waals surface area contributed by atoms with E-state index in [1.807, 2.05) is 0 Å². The summed E-state index contributed by atoms with van der Waals surface area (Å²) in [7, 11) is 0. The van der Waals surface area contributed by atoms with Crippen LogP contribution in [-0.2, 0) is 0 Å². The molecule has 0 aliphatic heterocycles. The van der Waals surface area contributed by atoms with Gasteiger partial charge in [0.1, 0.15) is 0 Å². The van der Waals surface area contributed by atoms with Gasteiger partial charge in [-0.25, -0.2) is 0 Å². The second kappa shape index (κ2) is 7.67. The van der Waals surface area contributed by atoms with E-state index in [0.717, 1.165) is 24.6 Å². The van der Waals surface area contributed by atoms with Gasteiger partial charge in [0.25, 0.3) is 0 Å². The van der Waals surface area contributed by atoms with Gasteiger partial charge in [-0.05, 0) is 0 Å². The average molecular weight is 248 g/mol. The molecule has 0 aromatic heterocycles. The van der Waals surface area contributed by atoms with Crippen LogP contribution >= 0.6 is 6.83 Å². The molecule has 0 bridgehead atoms. The third-order valence-corrected chi connectivity index (χ3v) is 10.1. The topological polar surface area (TPSA) is 20.2 Å². The Morgan fingerprint density at radius 3 is 1.19 bits per heavy atom. The standard InChI is InChI=1S/C14H33OP/c1-5-9-12-16(15,8-4,13-10-6-2)14-11-7-3/h15H,5-14H2,1-4H3. The molecule has 0 aliphatic carbocycles. The van der Waals surface area contributed by atoms with Crippen molar-refractivity contribution in [1.29, 1.82) is 0 Å². The van der Waals surface area contributed by atoms with Crippen LogP contribution in [0.5, 0.6) is 0 Å². The summed E-state index contributed by atoms with van der Waals surface area (Å²) in [5.41, 5.74) is 0. The quantitative estimate of drug-likeness (QED) is 0.547. The van der Waals surface area contributed by atoms with Gasteiger partial charge in [-0.2, -0.15) is 0 Å². The molecule has 0 aromatic carbocycles. The zero-order chi connectivity index (χ0) is 12.5. The summed E-state index contributed by atoms with van der Waals surface area (Å²) in [5, 5.41) is 0. The van der Waals surface area contributed by atoms with Crippen molar-refractivity contribution in [3.05, 3.63) is 0 Å². The van der Waals surface area contributed by atoms with Gasteiger partial charge >= 0.3 is 103 Å². The molecule has 0 aliphatic rings. The summed E-state index contributed by atoms with van der Waals surface area (Å²) in [5.74, 6) is 0. The minimum atomic E-state index is -2.31. The molecule has 1 nitrogen and oxygen atoms in total. The Bertz CT molecular complexity index is 155. The van der Waals surface area contributed by atoms with Crippen molar-refractivity contribution in [2.24, 2.45) is 0 Å². The van der Waals surface area contributed by atoms with Gasteiger partial charge in [-0.3, -0.25) is 0 Å². The van der Waals surface area contributed by atoms with Gasteiger partial charge in [0, 0.05) is 0 Å². The van der Waals surface area contributed by atoms with E-state index < -0.39 is 6.83 Å². The fraction of sp³-hybridized carbons (Fsp3) is 1.00. The number of hydrogen-bond donors (Lipinski definition) is 1. The van der Waals surface area contributed by atoms with Crippen molar-refractivity contribution < 1.29 is 4.89 Å². The van der Waals surface area contributed by atoms with E-state index in [1.165, 1.54) is 38.5 Å².